The van der Waals surface area contributed by atoms with Crippen LogP contribution in [-0.2, 0) is 0 Å². The summed E-state index contributed by atoms with van der Waals surface area (Å²) in [5, 5.41) is 12.7. The second kappa shape index (κ2) is 4.06. The van der Waals surface area contributed by atoms with Crippen LogP contribution in [0.15, 0.2) is 28.9 Å². The molecule has 4 nitrogen and oxygen atoms in total. The van der Waals surface area contributed by atoms with E-state index >= 15 is 0 Å². The zero-order valence-corrected chi connectivity index (χ0v) is 11.9. The van der Waals surface area contributed by atoms with Crippen molar-refractivity contribution < 1.29 is 9.66 Å². The first-order valence-electron chi connectivity index (χ1n) is 5.74. The fraction of sp³-hybridized carbons (Fsp3) is 0.143. The first-order valence-corrected chi connectivity index (χ1v) is 6.54. The van der Waals surface area contributed by atoms with E-state index in [0.717, 1.165) is 22.1 Å². The first kappa shape index (κ1) is 12.2. The summed E-state index contributed by atoms with van der Waals surface area (Å²) >= 11 is 3.35. The number of halogens is 1. The molecule has 0 radical (unpaired) electrons. The van der Waals surface area contributed by atoms with Crippen LogP contribution in [-0.4, -0.2) is 4.92 Å². The Morgan fingerprint density at radius 1 is 1.26 bits per heavy atom. The van der Waals surface area contributed by atoms with Crippen LogP contribution >= 0.6 is 15.9 Å². The Morgan fingerprint density at radius 3 is 2.68 bits per heavy atom. The number of ether oxygens (including phenoxy) is 1. The van der Waals surface area contributed by atoms with E-state index in [1.807, 2.05) is 26.0 Å². The van der Waals surface area contributed by atoms with Gasteiger partial charge in [-0.25, -0.2) is 0 Å². The van der Waals surface area contributed by atoms with Crippen LogP contribution in [0, 0.1) is 17.0 Å². The fourth-order valence-electron chi connectivity index (χ4n) is 2.45. The topological polar surface area (TPSA) is 52.4 Å². The summed E-state index contributed by atoms with van der Waals surface area (Å²) < 4.78 is 6.20. The quantitative estimate of drug-likeness (QED) is 0.571. The predicted molar refractivity (Wildman–Crippen MR) is 77.3 cm³/mol. The standard InChI is InChI=1S/C14H10BrNO3/c1-7-3-4-9-8(2)6-19-14-10(15)5-11(16(17)18)12(7)13(9)14/h3-6H,1-2H3. The number of allylic oxidation sites excluding steroid dienone is 1. The van der Waals surface area contributed by atoms with Gasteiger partial charge in [-0.05, 0) is 46.5 Å². The highest BCUT2D eigenvalue weighted by Crippen LogP contribution is 2.46. The summed E-state index contributed by atoms with van der Waals surface area (Å²) in [6.45, 7) is 3.80. The highest BCUT2D eigenvalue weighted by Gasteiger charge is 2.25. The SMILES string of the molecule is CC1=COc2c(Br)cc([N+](=O)[O-])c3c(C)ccc1c23. The van der Waals surface area contributed by atoms with Gasteiger partial charge in [-0.3, -0.25) is 10.1 Å². The molecule has 0 spiro atoms. The molecule has 0 amide bonds. The second-order valence-electron chi connectivity index (χ2n) is 4.56. The van der Waals surface area contributed by atoms with Crippen molar-refractivity contribution in [1.82, 2.24) is 0 Å². The largest absolute Gasteiger partial charge is 0.463 e. The number of rotatable bonds is 1. The van der Waals surface area contributed by atoms with E-state index in [1.54, 1.807) is 6.26 Å². The molecule has 0 saturated heterocycles. The van der Waals surface area contributed by atoms with Crippen molar-refractivity contribution >= 4 is 38.0 Å². The van der Waals surface area contributed by atoms with Gasteiger partial charge in [0.1, 0.15) is 5.75 Å². The number of aryl methyl sites for hydroxylation is 1. The third kappa shape index (κ3) is 1.65. The minimum Gasteiger partial charge on any atom is -0.463 e. The molecule has 96 valence electrons. The monoisotopic (exact) mass is 319 g/mol. The zero-order chi connectivity index (χ0) is 13.7. The van der Waals surface area contributed by atoms with Crippen molar-refractivity contribution in [3.63, 3.8) is 0 Å². The number of benzene rings is 2. The van der Waals surface area contributed by atoms with Crippen LogP contribution in [0.3, 0.4) is 0 Å². The van der Waals surface area contributed by atoms with E-state index in [0.29, 0.717) is 15.6 Å². The lowest BCUT2D eigenvalue weighted by Gasteiger charge is -2.19. The second-order valence-corrected chi connectivity index (χ2v) is 5.42. The molecule has 0 atom stereocenters. The number of nitro groups is 1. The van der Waals surface area contributed by atoms with Crippen molar-refractivity contribution in [2.24, 2.45) is 0 Å². The summed E-state index contributed by atoms with van der Waals surface area (Å²) in [7, 11) is 0. The molecule has 19 heavy (non-hydrogen) atoms. The molecule has 1 aliphatic heterocycles. The van der Waals surface area contributed by atoms with Gasteiger partial charge in [0.05, 0.1) is 21.0 Å². The maximum atomic E-state index is 11.3. The van der Waals surface area contributed by atoms with Crippen molar-refractivity contribution in [1.29, 1.82) is 0 Å². The number of non-ortho nitro benzene ring substituents is 1. The molecule has 0 saturated carbocycles. The lowest BCUT2D eigenvalue weighted by molar-refractivity contribution is -0.383. The molecule has 0 aromatic heterocycles. The van der Waals surface area contributed by atoms with Gasteiger partial charge in [0, 0.05) is 11.5 Å². The summed E-state index contributed by atoms with van der Waals surface area (Å²) in [5.41, 5.74) is 2.91. The molecular formula is C14H10BrNO3. The summed E-state index contributed by atoms with van der Waals surface area (Å²) in [5.74, 6) is 0.643. The third-order valence-electron chi connectivity index (χ3n) is 3.35. The molecule has 0 N–H and O–H groups in total. The van der Waals surface area contributed by atoms with E-state index in [-0.39, 0.29) is 10.6 Å². The summed E-state index contributed by atoms with van der Waals surface area (Å²) in [6.07, 6.45) is 1.67. The van der Waals surface area contributed by atoms with Crippen molar-refractivity contribution in [2.45, 2.75) is 13.8 Å². The lowest BCUT2D eigenvalue weighted by Crippen LogP contribution is -2.01. The van der Waals surface area contributed by atoms with Crippen molar-refractivity contribution in [3.05, 3.63) is 50.2 Å². The Labute approximate surface area is 118 Å². The minimum atomic E-state index is -0.353. The first-order chi connectivity index (χ1) is 9.00. The van der Waals surface area contributed by atoms with Crippen LogP contribution in [0.25, 0.3) is 16.3 Å². The lowest BCUT2D eigenvalue weighted by atomic mass is 9.93. The van der Waals surface area contributed by atoms with Gasteiger partial charge < -0.3 is 4.74 Å². The van der Waals surface area contributed by atoms with E-state index in [1.165, 1.54) is 6.07 Å². The van der Waals surface area contributed by atoms with Crippen LogP contribution < -0.4 is 4.74 Å². The van der Waals surface area contributed by atoms with Gasteiger partial charge >= 0.3 is 0 Å². The number of nitrogens with zero attached hydrogens (tertiary/aromatic N) is 1. The fourth-order valence-corrected chi connectivity index (χ4v) is 2.96. The average molecular weight is 320 g/mol. The predicted octanol–water partition coefficient (Wildman–Crippen LogP) is 4.57. The molecule has 1 heterocycles. The molecule has 3 rings (SSSR count). The van der Waals surface area contributed by atoms with E-state index < -0.39 is 0 Å². The molecule has 0 bridgehead atoms. The van der Waals surface area contributed by atoms with Crippen LogP contribution in [0.2, 0.25) is 0 Å². The molecule has 1 aliphatic rings. The Balaban J connectivity index is 2.59. The smallest absolute Gasteiger partial charge is 0.278 e. The van der Waals surface area contributed by atoms with Crippen LogP contribution in [0.1, 0.15) is 18.1 Å². The van der Waals surface area contributed by atoms with Gasteiger partial charge in [-0.2, -0.15) is 0 Å². The van der Waals surface area contributed by atoms with Gasteiger partial charge in [-0.15, -0.1) is 0 Å². The van der Waals surface area contributed by atoms with E-state index in [4.69, 9.17) is 4.74 Å². The van der Waals surface area contributed by atoms with Gasteiger partial charge in [0.25, 0.3) is 5.69 Å². The summed E-state index contributed by atoms with van der Waals surface area (Å²) in [6, 6.07) is 5.39. The molecule has 0 unspecified atom stereocenters. The van der Waals surface area contributed by atoms with Gasteiger partial charge in [-0.1, -0.05) is 12.1 Å². The van der Waals surface area contributed by atoms with Gasteiger partial charge in [0.15, 0.2) is 0 Å². The molecule has 5 heteroatoms. The van der Waals surface area contributed by atoms with Gasteiger partial charge in [0.2, 0.25) is 0 Å². The molecule has 2 aromatic carbocycles. The highest BCUT2D eigenvalue weighted by atomic mass is 79.9. The Morgan fingerprint density at radius 2 is 2.00 bits per heavy atom. The highest BCUT2D eigenvalue weighted by molar-refractivity contribution is 9.10. The Bertz CT molecular complexity index is 765. The summed E-state index contributed by atoms with van der Waals surface area (Å²) in [4.78, 5) is 10.9. The maximum absolute atomic E-state index is 11.3. The average Bonchev–Trinajstić information content (AvgIpc) is 2.36. The molecule has 2 aromatic rings. The minimum absolute atomic E-state index is 0.100. The molecule has 0 aliphatic carbocycles. The number of nitro benzene ring substituents is 1. The van der Waals surface area contributed by atoms with Crippen LogP contribution in [0.5, 0.6) is 5.75 Å². The third-order valence-corrected chi connectivity index (χ3v) is 3.94. The van der Waals surface area contributed by atoms with E-state index in [9.17, 15) is 10.1 Å². The normalized spacial score (nSPS) is 13.1. The number of hydrogen-bond acceptors (Lipinski definition) is 3. The Hall–Kier alpha value is -1.88. The molecular weight excluding hydrogens is 310 g/mol. The number of hydrogen-bond donors (Lipinski definition) is 0. The molecule has 0 fully saturated rings. The zero-order valence-electron chi connectivity index (χ0n) is 10.4. The van der Waals surface area contributed by atoms with Crippen LogP contribution in [0.4, 0.5) is 5.69 Å². The van der Waals surface area contributed by atoms with Crippen molar-refractivity contribution in [3.8, 4) is 5.75 Å². The maximum Gasteiger partial charge on any atom is 0.278 e. The van der Waals surface area contributed by atoms with E-state index in [2.05, 4.69) is 15.9 Å². The Kier molecular flexibility index (Phi) is 2.60. The van der Waals surface area contributed by atoms with Crippen molar-refractivity contribution in [2.75, 3.05) is 0 Å².